The number of ketones is 1. The van der Waals surface area contributed by atoms with E-state index in [4.69, 9.17) is 5.11 Å². The summed E-state index contributed by atoms with van der Waals surface area (Å²) in [5.74, 6) is -4.83. The molecule has 1 amide bonds. The Balaban J connectivity index is 2.30. The number of amides is 1. The average molecular weight is 233 g/mol. The zero-order chi connectivity index (χ0) is 12.4. The third-order valence-electron chi connectivity index (χ3n) is 2.82. The smallest absolute Gasteiger partial charge is 0.323 e. The summed E-state index contributed by atoms with van der Waals surface area (Å²) in [4.78, 5) is 34.1. The molecule has 5 nitrogen and oxygen atoms in total. The molecule has 1 aliphatic heterocycles. The van der Waals surface area contributed by atoms with E-state index in [0.717, 1.165) is 5.56 Å². The van der Waals surface area contributed by atoms with Crippen LogP contribution in [-0.4, -0.2) is 29.3 Å². The van der Waals surface area contributed by atoms with Crippen molar-refractivity contribution in [3.05, 3.63) is 35.9 Å². The van der Waals surface area contributed by atoms with Crippen LogP contribution in [0, 0.1) is 5.92 Å². The zero-order valence-electron chi connectivity index (χ0n) is 8.92. The molecule has 5 heteroatoms. The SMILES string of the molecule is O=C(O)C1C(=O)NCC(c2ccccc2)C1=O. The molecule has 1 saturated heterocycles. The van der Waals surface area contributed by atoms with E-state index in [0.29, 0.717) is 0 Å². The number of hydrogen-bond acceptors (Lipinski definition) is 3. The van der Waals surface area contributed by atoms with Crippen LogP contribution in [0.5, 0.6) is 0 Å². The van der Waals surface area contributed by atoms with E-state index < -0.39 is 29.5 Å². The topological polar surface area (TPSA) is 83.5 Å². The Morgan fingerprint density at radius 3 is 2.47 bits per heavy atom. The summed E-state index contributed by atoms with van der Waals surface area (Å²) in [7, 11) is 0. The van der Waals surface area contributed by atoms with Gasteiger partial charge in [-0.2, -0.15) is 0 Å². The van der Waals surface area contributed by atoms with Gasteiger partial charge in [-0.3, -0.25) is 14.4 Å². The number of hydrogen-bond donors (Lipinski definition) is 2. The number of Topliss-reactive ketones (excluding diaryl/α,β-unsaturated/α-hetero) is 1. The molecule has 2 atom stereocenters. The van der Waals surface area contributed by atoms with Crippen molar-refractivity contribution in [3.8, 4) is 0 Å². The lowest BCUT2D eigenvalue weighted by atomic mass is 9.84. The standard InChI is InChI=1S/C12H11NO4/c14-10-8(7-4-2-1-3-5-7)6-13-11(15)9(10)12(16)17/h1-5,8-9H,6H2,(H,13,15)(H,16,17). The molecule has 0 bridgehead atoms. The Kier molecular flexibility index (Phi) is 2.91. The number of benzene rings is 1. The number of carbonyl (C=O) groups excluding carboxylic acids is 2. The number of aliphatic carboxylic acids is 1. The summed E-state index contributed by atoms with van der Waals surface area (Å²) in [6.45, 7) is 0.158. The minimum absolute atomic E-state index is 0.158. The van der Waals surface area contributed by atoms with E-state index in [-0.39, 0.29) is 6.54 Å². The number of carboxylic acid groups (broad SMARTS) is 1. The van der Waals surface area contributed by atoms with Crippen molar-refractivity contribution in [2.24, 2.45) is 5.92 Å². The Hall–Kier alpha value is -2.17. The second-order valence-corrected chi connectivity index (χ2v) is 3.88. The molecule has 0 radical (unpaired) electrons. The second-order valence-electron chi connectivity index (χ2n) is 3.88. The first kappa shape index (κ1) is 11.3. The lowest BCUT2D eigenvalue weighted by Crippen LogP contribution is -2.50. The Morgan fingerprint density at radius 1 is 1.24 bits per heavy atom. The highest BCUT2D eigenvalue weighted by atomic mass is 16.4. The van der Waals surface area contributed by atoms with Crippen LogP contribution >= 0.6 is 0 Å². The zero-order valence-corrected chi connectivity index (χ0v) is 8.92. The predicted molar refractivity (Wildman–Crippen MR) is 58.3 cm³/mol. The highest BCUT2D eigenvalue weighted by molar-refractivity contribution is 6.19. The third-order valence-corrected chi connectivity index (χ3v) is 2.82. The van der Waals surface area contributed by atoms with Gasteiger partial charge in [0.05, 0.1) is 5.92 Å². The molecule has 0 aromatic heterocycles. The van der Waals surface area contributed by atoms with Gasteiger partial charge in [-0.1, -0.05) is 30.3 Å². The highest BCUT2D eigenvalue weighted by Gasteiger charge is 2.42. The van der Waals surface area contributed by atoms with Crippen molar-refractivity contribution < 1.29 is 19.5 Å². The van der Waals surface area contributed by atoms with Crippen LogP contribution in [0.25, 0.3) is 0 Å². The van der Waals surface area contributed by atoms with Crippen molar-refractivity contribution in [2.45, 2.75) is 5.92 Å². The molecule has 88 valence electrons. The number of carboxylic acids is 1. The van der Waals surface area contributed by atoms with Crippen LogP contribution in [0.4, 0.5) is 0 Å². The van der Waals surface area contributed by atoms with E-state index >= 15 is 0 Å². The molecule has 2 unspecified atom stereocenters. The summed E-state index contributed by atoms with van der Waals surface area (Å²) in [5.41, 5.74) is 0.726. The van der Waals surface area contributed by atoms with E-state index in [1.807, 2.05) is 6.07 Å². The molecule has 1 heterocycles. The summed E-state index contributed by atoms with van der Waals surface area (Å²) < 4.78 is 0. The Bertz CT molecular complexity index is 469. The van der Waals surface area contributed by atoms with Crippen LogP contribution < -0.4 is 5.32 Å². The van der Waals surface area contributed by atoms with Gasteiger partial charge < -0.3 is 10.4 Å². The van der Waals surface area contributed by atoms with E-state index in [2.05, 4.69) is 5.32 Å². The molecule has 0 spiro atoms. The minimum Gasteiger partial charge on any atom is -0.480 e. The maximum atomic E-state index is 11.9. The molecule has 1 aromatic rings. The van der Waals surface area contributed by atoms with Crippen molar-refractivity contribution >= 4 is 17.7 Å². The van der Waals surface area contributed by atoms with Gasteiger partial charge in [0.15, 0.2) is 11.7 Å². The number of rotatable bonds is 2. The molecule has 0 saturated carbocycles. The Labute approximate surface area is 97.4 Å². The molecule has 2 N–H and O–H groups in total. The minimum atomic E-state index is -1.59. The van der Waals surface area contributed by atoms with Crippen molar-refractivity contribution in [3.63, 3.8) is 0 Å². The van der Waals surface area contributed by atoms with E-state index in [1.54, 1.807) is 24.3 Å². The van der Waals surface area contributed by atoms with Crippen LogP contribution in [0.3, 0.4) is 0 Å². The molecular formula is C12H11NO4. The van der Waals surface area contributed by atoms with Crippen LogP contribution in [0.2, 0.25) is 0 Å². The largest absolute Gasteiger partial charge is 0.480 e. The molecule has 1 aliphatic rings. The number of nitrogens with one attached hydrogen (secondary N) is 1. The van der Waals surface area contributed by atoms with E-state index in [1.165, 1.54) is 0 Å². The highest BCUT2D eigenvalue weighted by Crippen LogP contribution is 2.23. The quantitative estimate of drug-likeness (QED) is 0.713. The van der Waals surface area contributed by atoms with Gasteiger partial charge in [0.1, 0.15) is 0 Å². The predicted octanol–water partition coefficient (Wildman–Crippen LogP) is 0.170. The van der Waals surface area contributed by atoms with Crippen molar-refractivity contribution in [2.75, 3.05) is 6.54 Å². The second kappa shape index (κ2) is 4.37. The molecule has 1 aromatic carbocycles. The fourth-order valence-corrected chi connectivity index (χ4v) is 1.94. The number of piperidine rings is 1. The van der Waals surface area contributed by atoms with Gasteiger partial charge in [0.25, 0.3) is 0 Å². The maximum absolute atomic E-state index is 11.9. The maximum Gasteiger partial charge on any atom is 0.323 e. The van der Waals surface area contributed by atoms with Gasteiger partial charge >= 0.3 is 5.97 Å². The Morgan fingerprint density at radius 2 is 1.88 bits per heavy atom. The number of carbonyl (C=O) groups is 3. The lowest BCUT2D eigenvalue weighted by Gasteiger charge is -2.25. The fraction of sp³-hybridized carbons (Fsp3) is 0.250. The van der Waals surface area contributed by atoms with Gasteiger partial charge in [-0.05, 0) is 5.56 Å². The fourth-order valence-electron chi connectivity index (χ4n) is 1.94. The van der Waals surface area contributed by atoms with Crippen molar-refractivity contribution in [1.29, 1.82) is 0 Å². The average Bonchev–Trinajstić information content (AvgIpc) is 2.30. The first-order chi connectivity index (χ1) is 8.11. The molecule has 1 fully saturated rings. The molecule has 0 aliphatic carbocycles. The van der Waals surface area contributed by atoms with Gasteiger partial charge in [0.2, 0.25) is 5.91 Å². The third kappa shape index (κ3) is 2.04. The van der Waals surface area contributed by atoms with Gasteiger partial charge in [0, 0.05) is 6.54 Å². The monoisotopic (exact) mass is 233 g/mol. The van der Waals surface area contributed by atoms with E-state index in [9.17, 15) is 14.4 Å². The lowest BCUT2D eigenvalue weighted by molar-refractivity contribution is -0.153. The first-order valence-electron chi connectivity index (χ1n) is 5.20. The molecule has 2 rings (SSSR count). The van der Waals surface area contributed by atoms with Crippen LogP contribution in [0.1, 0.15) is 11.5 Å². The van der Waals surface area contributed by atoms with Crippen LogP contribution in [0.15, 0.2) is 30.3 Å². The first-order valence-corrected chi connectivity index (χ1v) is 5.20. The van der Waals surface area contributed by atoms with Crippen molar-refractivity contribution in [1.82, 2.24) is 5.32 Å². The summed E-state index contributed by atoms with van der Waals surface area (Å²) in [5, 5.41) is 11.3. The van der Waals surface area contributed by atoms with Gasteiger partial charge in [-0.15, -0.1) is 0 Å². The van der Waals surface area contributed by atoms with Crippen LogP contribution in [-0.2, 0) is 14.4 Å². The normalized spacial score (nSPS) is 24.2. The summed E-state index contributed by atoms with van der Waals surface area (Å²) in [6, 6.07) is 8.85. The van der Waals surface area contributed by atoms with Gasteiger partial charge in [-0.25, -0.2) is 0 Å². The molecule has 17 heavy (non-hydrogen) atoms. The summed E-state index contributed by atoms with van der Waals surface area (Å²) >= 11 is 0. The summed E-state index contributed by atoms with van der Waals surface area (Å²) in [6.07, 6.45) is 0. The molecular weight excluding hydrogens is 222 g/mol.